The molecular formula is C17H22N4. The molecule has 1 saturated heterocycles. The molecule has 0 amide bonds. The lowest BCUT2D eigenvalue weighted by Crippen LogP contribution is -2.27. The maximum atomic E-state index is 4.26. The molecule has 0 unspecified atom stereocenters. The number of aryl methyl sites for hydroxylation is 1. The molecule has 1 atom stereocenters. The predicted molar refractivity (Wildman–Crippen MR) is 85.5 cm³/mol. The predicted octanol–water partition coefficient (Wildman–Crippen LogP) is 2.69. The second-order valence-corrected chi connectivity index (χ2v) is 5.71. The molecule has 21 heavy (non-hydrogen) atoms. The third kappa shape index (κ3) is 3.79. The van der Waals surface area contributed by atoms with E-state index < -0.39 is 0 Å². The number of likely N-dealkylation sites (tertiary alicyclic amines) is 1. The van der Waals surface area contributed by atoms with Crippen molar-refractivity contribution in [1.29, 1.82) is 0 Å². The summed E-state index contributed by atoms with van der Waals surface area (Å²) >= 11 is 0. The van der Waals surface area contributed by atoms with Gasteiger partial charge in [-0.1, -0.05) is 30.3 Å². The van der Waals surface area contributed by atoms with Crippen molar-refractivity contribution >= 4 is 5.95 Å². The highest BCUT2D eigenvalue weighted by Gasteiger charge is 2.22. The number of anilines is 1. The van der Waals surface area contributed by atoms with Crippen molar-refractivity contribution < 1.29 is 0 Å². The summed E-state index contributed by atoms with van der Waals surface area (Å²) in [6.07, 6.45) is 4.94. The minimum absolute atomic E-state index is 0.682. The topological polar surface area (TPSA) is 41.1 Å². The monoisotopic (exact) mass is 282 g/mol. The summed E-state index contributed by atoms with van der Waals surface area (Å²) in [6.45, 7) is 6.26. The van der Waals surface area contributed by atoms with Crippen molar-refractivity contribution in [3.05, 3.63) is 53.9 Å². The van der Waals surface area contributed by atoms with Crippen LogP contribution in [0, 0.1) is 6.92 Å². The summed E-state index contributed by atoms with van der Waals surface area (Å²) in [4.78, 5) is 11.0. The van der Waals surface area contributed by atoms with Gasteiger partial charge >= 0.3 is 0 Å². The van der Waals surface area contributed by atoms with Gasteiger partial charge in [-0.25, -0.2) is 9.97 Å². The highest BCUT2D eigenvalue weighted by atomic mass is 15.2. The molecule has 1 N–H and O–H groups in total. The number of hydrogen-bond donors (Lipinski definition) is 1. The minimum atomic E-state index is 0.682. The molecule has 1 aliphatic rings. The third-order valence-corrected chi connectivity index (χ3v) is 4.04. The standard InChI is InChI=1S/C17H22N4/c1-14-11-19-17(20-12-14)18-8-10-21-9-7-16(13-21)15-5-3-2-4-6-15/h2-6,11-12,16H,7-10,13H2,1H3,(H,18,19,20)/t16-/m1/s1. The lowest BCUT2D eigenvalue weighted by atomic mass is 9.99. The van der Waals surface area contributed by atoms with Crippen LogP contribution in [0.5, 0.6) is 0 Å². The van der Waals surface area contributed by atoms with E-state index in [-0.39, 0.29) is 0 Å². The van der Waals surface area contributed by atoms with Crippen molar-refractivity contribution in [1.82, 2.24) is 14.9 Å². The molecule has 4 heteroatoms. The Kier molecular flexibility index (Phi) is 4.46. The Bertz CT molecular complexity index is 553. The highest BCUT2D eigenvalue weighted by molar-refractivity contribution is 5.24. The van der Waals surface area contributed by atoms with Gasteiger partial charge in [-0.2, -0.15) is 0 Å². The zero-order valence-electron chi connectivity index (χ0n) is 12.5. The molecule has 1 aromatic heterocycles. The van der Waals surface area contributed by atoms with Gasteiger partial charge in [0, 0.05) is 32.0 Å². The summed E-state index contributed by atoms with van der Waals surface area (Å²) < 4.78 is 0. The summed E-state index contributed by atoms with van der Waals surface area (Å²) in [6, 6.07) is 10.8. The van der Waals surface area contributed by atoms with Crippen LogP contribution in [0.15, 0.2) is 42.7 Å². The molecule has 0 saturated carbocycles. The van der Waals surface area contributed by atoms with Gasteiger partial charge < -0.3 is 10.2 Å². The zero-order valence-corrected chi connectivity index (χ0v) is 12.5. The van der Waals surface area contributed by atoms with Gasteiger partial charge in [0.15, 0.2) is 0 Å². The number of rotatable bonds is 5. The van der Waals surface area contributed by atoms with Crippen LogP contribution in [0.3, 0.4) is 0 Å². The molecule has 110 valence electrons. The first-order valence-electron chi connectivity index (χ1n) is 7.61. The van der Waals surface area contributed by atoms with Gasteiger partial charge in [0.1, 0.15) is 0 Å². The largest absolute Gasteiger partial charge is 0.353 e. The quantitative estimate of drug-likeness (QED) is 0.915. The summed E-state index contributed by atoms with van der Waals surface area (Å²) in [5.41, 5.74) is 2.56. The van der Waals surface area contributed by atoms with Gasteiger partial charge in [0.2, 0.25) is 5.95 Å². The Morgan fingerprint density at radius 2 is 1.95 bits per heavy atom. The van der Waals surface area contributed by atoms with Gasteiger partial charge in [-0.15, -0.1) is 0 Å². The Morgan fingerprint density at radius 3 is 2.71 bits per heavy atom. The molecule has 2 aromatic rings. The maximum absolute atomic E-state index is 4.26. The highest BCUT2D eigenvalue weighted by Crippen LogP contribution is 2.26. The van der Waals surface area contributed by atoms with Gasteiger partial charge in [-0.05, 0) is 36.9 Å². The van der Waals surface area contributed by atoms with Crippen molar-refractivity contribution in [2.45, 2.75) is 19.3 Å². The lowest BCUT2D eigenvalue weighted by Gasteiger charge is -2.16. The van der Waals surface area contributed by atoms with E-state index in [1.807, 2.05) is 19.3 Å². The number of nitrogens with zero attached hydrogens (tertiary/aromatic N) is 3. The Labute approximate surface area is 126 Å². The fourth-order valence-corrected chi connectivity index (χ4v) is 2.84. The first-order valence-corrected chi connectivity index (χ1v) is 7.61. The molecule has 4 nitrogen and oxygen atoms in total. The van der Waals surface area contributed by atoms with E-state index in [9.17, 15) is 0 Å². The first-order chi connectivity index (χ1) is 10.3. The summed E-state index contributed by atoms with van der Waals surface area (Å²) in [5, 5.41) is 3.29. The molecule has 1 aromatic carbocycles. The van der Waals surface area contributed by atoms with E-state index in [2.05, 4.69) is 50.5 Å². The molecule has 1 aliphatic heterocycles. The molecule has 0 bridgehead atoms. The van der Waals surface area contributed by atoms with Crippen LogP contribution in [0.25, 0.3) is 0 Å². The summed E-state index contributed by atoms with van der Waals surface area (Å²) in [5.74, 6) is 1.40. The normalized spacial score (nSPS) is 18.8. The number of nitrogens with one attached hydrogen (secondary N) is 1. The average Bonchev–Trinajstić information content (AvgIpc) is 2.99. The first kappa shape index (κ1) is 14.0. The van der Waals surface area contributed by atoms with Crippen LogP contribution in [0.1, 0.15) is 23.5 Å². The Balaban J connectivity index is 1.44. The fraction of sp³-hybridized carbons (Fsp3) is 0.412. The molecule has 2 heterocycles. The number of benzene rings is 1. The molecule has 0 spiro atoms. The Hall–Kier alpha value is -1.94. The lowest BCUT2D eigenvalue weighted by molar-refractivity contribution is 0.347. The van der Waals surface area contributed by atoms with Crippen molar-refractivity contribution in [3.63, 3.8) is 0 Å². The van der Waals surface area contributed by atoms with Gasteiger partial charge in [-0.3, -0.25) is 0 Å². The molecular weight excluding hydrogens is 260 g/mol. The SMILES string of the molecule is Cc1cnc(NCCN2CC[C@@H](c3ccccc3)C2)nc1. The second kappa shape index (κ2) is 6.68. The maximum Gasteiger partial charge on any atom is 0.222 e. The van der Waals surface area contributed by atoms with Crippen molar-refractivity contribution in [3.8, 4) is 0 Å². The summed E-state index contributed by atoms with van der Waals surface area (Å²) in [7, 11) is 0. The second-order valence-electron chi connectivity index (χ2n) is 5.71. The number of hydrogen-bond acceptors (Lipinski definition) is 4. The smallest absolute Gasteiger partial charge is 0.222 e. The molecule has 0 aliphatic carbocycles. The van der Waals surface area contributed by atoms with Gasteiger partial charge in [0.05, 0.1) is 0 Å². The molecule has 0 radical (unpaired) electrons. The van der Waals surface area contributed by atoms with Crippen LogP contribution < -0.4 is 5.32 Å². The van der Waals surface area contributed by atoms with Crippen LogP contribution in [-0.4, -0.2) is 41.0 Å². The van der Waals surface area contributed by atoms with Crippen LogP contribution in [0.4, 0.5) is 5.95 Å². The molecule has 1 fully saturated rings. The average molecular weight is 282 g/mol. The minimum Gasteiger partial charge on any atom is -0.353 e. The van der Waals surface area contributed by atoms with E-state index >= 15 is 0 Å². The fourth-order valence-electron chi connectivity index (χ4n) is 2.84. The van der Waals surface area contributed by atoms with Gasteiger partial charge in [0.25, 0.3) is 0 Å². The van der Waals surface area contributed by atoms with E-state index in [0.717, 1.165) is 31.1 Å². The van der Waals surface area contributed by atoms with Crippen molar-refractivity contribution in [2.24, 2.45) is 0 Å². The number of aromatic nitrogens is 2. The zero-order chi connectivity index (χ0) is 14.5. The van der Waals surface area contributed by atoms with Crippen molar-refractivity contribution in [2.75, 3.05) is 31.5 Å². The Morgan fingerprint density at radius 1 is 1.19 bits per heavy atom. The van der Waals surface area contributed by atoms with E-state index in [0.29, 0.717) is 5.92 Å². The molecule has 3 rings (SSSR count). The van der Waals surface area contributed by atoms with Crippen LogP contribution in [0.2, 0.25) is 0 Å². The van der Waals surface area contributed by atoms with Crippen LogP contribution in [-0.2, 0) is 0 Å². The van der Waals surface area contributed by atoms with Crippen LogP contribution >= 0.6 is 0 Å². The third-order valence-electron chi connectivity index (χ3n) is 4.04. The van der Waals surface area contributed by atoms with E-state index in [1.54, 1.807) is 0 Å². The van der Waals surface area contributed by atoms with E-state index in [1.165, 1.54) is 18.5 Å². The van der Waals surface area contributed by atoms with E-state index in [4.69, 9.17) is 0 Å².